The van der Waals surface area contributed by atoms with E-state index >= 15 is 8.78 Å². The Labute approximate surface area is 378 Å². The number of amides is 1. The van der Waals surface area contributed by atoms with Crippen LogP contribution in [-0.4, -0.2) is 77.4 Å². The largest absolute Gasteiger partial charge is 0.593 e. The maximum absolute atomic E-state index is 15.2. The summed E-state index contributed by atoms with van der Waals surface area (Å²) >= 11 is 6.67. The van der Waals surface area contributed by atoms with E-state index in [4.69, 9.17) is 22.3 Å². The van der Waals surface area contributed by atoms with Gasteiger partial charge in [-0.15, -0.1) is 16.9 Å². The Hall–Kier alpha value is -4.65. The van der Waals surface area contributed by atoms with E-state index in [-0.39, 0.29) is 55.1 Å². The van der Waals surface area contributed by atoms with Crippen LogP contribution in [0, 0.1) is 23.5 Å². The van der Waals surface area contributed by atoms with Crippen molar-refractivity contribution in [1.82, 2.24) is 20.1 Å². The fourth-order valence-electron chi connectivity index (χ4n) is 7.31. The molecule has 0 bridgehead atoms. The first-order valence-corrected chi connectivity index (χ1v) is 22.7. The summed E-state index contributed by atoms with van der Waals surface area (Å²) in [6.07, 6.45) is -6.92. The molecule has 348 valence electrons. The molecule has 65 heavy (non-hydrogen) atoms. The lowest BCUT2D eigenvalue weighted by atomic mass is 9.84. The van der Waals surface area contributed by atoms with Gasteiger partial charge in [-0.25, -0.2) is 40.1 Å². The van der Waals surface area contributed by atoms with E-state index < -0.39 is 114 Å². The Kier molecular flexibility index (Phi) is 14.1. The molecule has 9 nitrogen and oxygen atoms in total. The standard InChI is InChI=1S/C43H40ClF10N7O2S2/c1-41(2,64-25-4-5-25)12-11-24-3-8-27(28-9-10-29(44)33-37(28)61(20-31(47)48)59-40(33)60-65(63)26-6-7-26)36(57-24)30(17-21-15-22(45)18-23(46)16-21)58-32(62)19-56-38-34(35(55)39(49)50)42(51,52)13-14-43(38,53)54/h3,8-10,15-16,18,25-26,30-31,39H,4-7,13-14,17,19-20,55H2,1-2H3,(H,58,62)(H,59,60). The zero-order valence-corrected chi connectivity index (χ0v) is 36.8. The minimum absolute atomic E-state index is 0.00150. The van der Waals surface area contributed by atoms with Crippen molar-refractivity contribution < 1.29 is 53.3 Å². The summed E-state index contributed by atoms with van der Waals surface area (Å²) in [6.45, 7) is 1.48. The summed E-state index contributed by atoms with van der Waals surface area (Å²) in [5.74, 6) is -5.65. The number of nitrogens with two attached hydrogens (primary N) is 1. The van der Waals surface area contributed by atoms with E-state index in [9.17, 15) is 44.5 Å². The molecule has 7 rings (SSSR count). The van der Waals surface area contributed by atoms with Crippen LogP contribution in [0.3, 0.4) is 0 Å². The Morgan fingerprint density at radius 3 is 2.32 bits per heavy atom. The highest BCUT2D eigenvalue weighted by Gasteiger charge is 2.55. The van der Waals surface area contributed by atoms with Crippen LogP contribution in [0.2, 0.25) is 5.02 Å². The molecule has 22 heteroatoms. The smallest absolute Gasteiger partial charge is 0.290 e. The summed E-state index contributed by atoms with van der Waals surface area (Å²) in [5, 5.41) is 7.15. The molecule has 1 amide bonds. The van der Waals surface area contributed by atoms with Crippen LogP contribution in [0.5, 0.6) is 0 Å². The molecule has 4 N–H and O–H groups in total. The first-order valence-electron chi connectivity index (χ1n) is 20.2. The lowest BCUT2D eigenvalue weighted by molar-refractivity contribution is -0.120. The second-order valence-corrected chi connectivity index (χ2v) is 20.1. The number of nitrogens with one attached hydrogen (secondary N) is 2. The third kappa shape index (κ3) is 11.5. The first kappa shape index (κ1) is 48.3. The molecule has 2 unspecified atom stereocenters. The molecule has 2 atom stereocenters. The Morgan fingerprint density at radius 2 is 1.69 bits per heavy atom. The van der Waals surface area contributed by atoms with Crippen molar-refractivity contribution in [3.63, 3.8) is 0 Å². The Bertz CT molecular complexity index is 2590. The number of carbonyl (C=O) groups is 1. The number of hydrogen-bond donors (Lipinski definition) is 3. The fraction of sp³-hybridized carbons (Fsp3) is 0.442. The number of hydrogen-bond acceptors (Lipinski definition) is 8. The van der Waals surface area contributed by atoms with Gasteiger partial charge in [0.05, 0.1) is 55.0 Å². The van der Waals surface area contributed by atoms with E-state index in [1.54, 1.807) is 11.8 Å². The van der Waals surface area contributed by atoms with E-state index in [0.29, 0.717) is 24.2 Å². The minimum atomic E-state index is -4.25. The molecule has 3 aliphatic rings. The number of pyridine rings is 1. The second-order valence-electron chi connectivity index (χ2n) is 16.4. The van der Waals surface area contributed by atoms with Gasteiger partial charge >= 0.3 is 0 Å². The molecule has 2 aromatic heterocycles. The van der Waals surface area contributed by atoms with Crippen molar-refractivity contribution in [1.29, 1.82) is 0 Å². The molecule has 0 radical (unpaired) electrons. The number of aromatic nitrogens is 3. The Balaban J connectivity index is 1.40. The molecule has 4 aromatic rings. The number of halogens is 11. The topological polar surface area (TPSA) is 133 Å². The van der Waals surface area contributed by atoms with E-state index in [0.717, 1.165) is 29.7 Å². The van der Waals surface area contributed by atoms with E-state index in [1.165, 1.54) is 24.3 Å². The summed E-state index contributed by atoms with van der Waals surface area (Å²) in [4.78, 5) is 22.1. The third-order valence-electron chi connectivity index (χ3n) is 10.5. The molecule has 0 aliphatic heterocycles. The lowest BCUT2D eigenvalue weighted by Crippen LogP contribution is -2.46. The normalized spacial score (nSPS) is 19.6. The van der Waals surface area contributed by atoms with Crippen molar-refractivity contribution in [2.24, 2.45) is 10.7 Å². The molecule has 3 aliphatic carbocycles. The van der Waals surface area contributed by atoms with E-state index in [1.807, 2.05) is 13.8 Å². The van der Waals surface area contributed by atoms with Crippen LogP contribution >= 0.6 is 23.4 Å². The van der Waals surface area contributed by atoms with Gasteiger partial charge in [-0.2, -0.15) is 13.5 Å². The van der Waals surface area contributed by atoms with Gasteiger partial charge in [0.15, 0.2) is 0 Å². The van der Waals surface area contributed by atoms with Gasteiger partial charge in [0, 0.05) is 48.1 Å². The third-order valence-corrected chi connectivity index (χ3v) is 13.8. The van der Waals surface area contributed by atoms with Crippen molar-refractivity contribution in [3.8, 4) is 23.0 Å². The number of rotatable bonds is 15. The summed E-state index contributed by atoms with van der Waals surface area (Å²) in [5.41, 5.74) is -0.194. The van der Waals surface area contributed by atoms with Crippen LogP contribution in [0.4, 0.5) is 49.7 Å². The molecule has 3 fully saturated rings. The van der Waals surface area contributed by atoms with Crippen LogP contribution in [0.15, 0.2) is 58.7 Å². The maximum atomic E-state index is 15.2. The van der Waals surface area contributed by atoms with Gasteiger partial charge in [0.2, 0.25) is 11.7 Å². The van der Waals surface area contributed by atoms with Crippen molar-refractivity contribution >= 4 is 63.1 Å². The molecule has 2 aromatic carbocycles. The predicted molar refractivity (Wildman–Crippen MR) is 230 cm³/mol. The van der Waals surface area contributed by atoms with Gasteiger partial charge < -0.3 is 15.6 Å². The minimum Gasteiger partial charge on any atom is -0.593 e. The predicted octanol–water partition coefficient (Wildman–Crippen LogP) is 9.94. The quantitative estimate of drug-likeness (QED) is 0.0614. The fourth-order valence-corrected chi connectivity index (χ4v) is 9.94. The Morgan fingerprint density at radius 1 is 1.03 bits per heavy atom. The van der Waals surface area contributed by atoms with Crippen LogP contribution < -0.4 is 15.8 Å². The van der Waals surface area contributed by atoms with Crippen molar-refractivity contribution in [2.75, 3.05) is 11.3 Å². The van der Waals surface area contributed by atoms with E-state index in [2.05, 4.69) is 32.0 Å². The van der Waals surface area contributed by atoms with Crippen LogP contribution in [-0.2, 0) is 29.1 Å². The number of fused-ring (bicyclic) bond motifs is 1. The lowest BCUT2D eigenvalue weighted by Gasteiger charge is -2.33. The molecule has 0 saturated heterocycles. The molecular formula is C43H40ClF10N7O2S2. The van der Waals surface area contributed by atoms with Crippen molar-refractivity contribution in [3.05, 3.63) is 87.3 Å². The number of aliphatic imine (C=N–C) groups is 1. The van der Waals surface area contributed by atoms with Gasteiger partial charge in [-0.3, -0.25) is 14.5 Å². The van der Waals surface area contributed by atoms with Crippen LogP contribution in [0.25, 0.3) is 22.0 Å². The highest BCUT2D eigenvalue weighted by atomic mass is 35.5. The molecule has 2 heterocycles. The summed E-state index contributed by atoms with van der Waals surface area (Å²) in [7, 11) is 0. The SMILES string of the molecule is CC(C)(C#Cc1ccc(-c2ccc(Cl)c3c(N[S+]([O-])C4CC4)nn(CC(F)F)c23)c(C(Cc2cc(F)cc(F)c2)NC(=O)CN=C2C(=C(N)C(F)F)C(F)(F)CCC2(F)F)n1)SC1CC1. The zero-order chi connectivity index (χ0) is 47.2. The molecule has 3 saturated carbocycles. The van der Waals surface area contributed by atoms with Gasteiger partial charge in [-0.1, -0.05) is 23.6 Å². The van der Waals surface area contributed by atoms with Crippen LogP contribution in [0.1, 0.15) is 75.4 Å². The number of allylic oxidation sites excluding steroid dienone is 2. The average Bonchev–Trinajstić information content (AvgIpc) is 4.16. The highest BCUT2D eigenvalue weighted by Crippen LogP contribution is 2.46. The van der Waals surface area contributed by atoms with Gasteiger partial charge in [0.25, 0.3) is 24.7 Å². The van der Waals surface area contributed by atoms with Crippen molar-refractivity contribution in [2.45, 2.75) is 111 Å². The number of benzene rings is 2. The first-order chi connectivity index (χ1) is 30.5. The zero-order valence-electron chi connectivity index (χ0n) is 34.4. The average molecular weight is 976 g/mol. The molecule has 0 spiro atoms. The summed E-state index contributed by atoms with van der Waals surface area (Å²) < 4.78 is 162. The number of alkyl halides is 8. The highest BCUT2D eigenvalue weighted by molar-refractivity contribution is 8.01. The summed E-state index contributed by atoms with van der Waals surface area (Å²) in [6, 6.07) is 6.79. The number of carbonyl (C=O) groups excluding carboxylic acids is 1. The van der Waals surface area contributed by atoms with Gasteiger partial charge in [-0.05, 0) is 74.9 Å². The monoisotopic (exact) mass is 975 g/mol. The van der Waals surface area contributed by atoms with Gasteiger partial charge in [0.1, 0.15) is 41.4 Å². The second kappa shape index (κ2) is 18.9. The molecular weight excluding hydrogens is 936 g/mol. The number of anilines is 1. The number of nitrogens with zero attached hydrogens (tertiary/aromatic N) is 4. The number of thioether (sulfide) groups is 1. The maximum Gasteiger partial charge on any atom is 0.290 e.